The van der Waals surface area contributed by atoms with Crippen molar-refractivity contribution in [1.29, 1.82) is 0 Å². The van der Waals surface area contributed by atoms with E-state index >= 15 is 0 Å². The maximum atomic E-state index is 13.2. The average Bonchev–Trinajstić information content (AvgIpc) is 2.33. The Kier molecular flexibility index (Phi) is 4.48. The van der Waals surface area contributed by atoms with Crippen molar-refractivity contribution >= 4 is 39.3 Å². The Labute approximate surface area is 117 Å². The van der Waals surface area contributed by atoms with Gasteiger partial charge in [-0.05, 0) is 35.9 Å². The van der Waals surface area contributed by atoms with Crippen LogP contribution in [-0.2, 0) is 5.75 Å². The SMILES string of the molecule is Fc1cc(SCc2ccc(Br)cc2)ccc1Cl. The molecule has 2 aromatic rings. The fourth-order valence-electron chi connectivity index (χ4n) is 1.31. The normalized spacial score (nSPS) is 10.5. The van der Waals surface area contributed by atoms with E-state index in [1.807, 2.05) is 30.3 Å². The molecule has 0 aromatic heterocycles. The average molecular weight is 332 g/mol. The molecular formula is C13H9BrClFS. The standard InChI is InChI=1S/C13H9BrClFS/c14-10-3-1-9(2-4-10)8-17-11-5-6-12(15)13(16)7-11/h1-7H,8H2. The van der Waals surface area contributed by atoms with Gasteiger partial charge in [0.15, 0.2) is 0 Å². The lowest BCUT2D eigenvalue weighted by Crippen LogP contribution is -1.82. The van der Waals surface area contributed by atoms with Crippen LogP contribution in [0, 0.1) is 5.82 Å². The van der Waals surface area contributed by atoms with E-state index in [-0.39, 0.29) is 10.8 Å². The summed E-state index contributed by atoms with van der Waals surface area (Å²) in [5, 5.41) is 0.165. The van der Waals surface area contributed by atoms with E-state index in [2.05, 4.69) is 15.9 Å². The van der Waals surface area contributed by atoms with Gasteiger partial charge in [0.1, 0.15) is 5.82 Å². The van der Waals surface area contributed by atoms with Crippen LogP contribution < -0.4 is 0 Å². The van der Waals surface area contributed by atoms with Gasteiger partial charge in [0.2, 0.25) is 0 Å². The molecule has 0 saturated heterocycles. The van der Waals surface area contributed by atoms with Crippen LogP contribution in [0.1, 0.15) is 5.56 Å². The zero-order valence-corrected chi connectivity index (χ0v) is 11.9. The van der Waals surface area contributed by atoms with Crippen LogP contribution >= 0.6 is 39.3 Å². The second-order valence-corrected chi connectivity index (χ2v) is 5.86. The van der Waals surface area contributed by atoms with Gasteiger partial charge in [0.05, 0.1) is 5.02 Å². The van der Waals surface area contributed by atoms with Gasteiger partial charge < -0.3 is 0 Å². The lowest BCUT2D eigenvalue weighted by molar-refractivity contribution is 0.624. The molecule has 0 spiro atoms. The van der Waals surface area contributed by atoms with E-state index in [0.29, 0.717) is 0 Å². The second kappa shape index (κ2) is 5.89. The van der Waals surface area contributed by atoms with E-state index < -0.39 is 0 Å². The van der Waals surface area contributed by atoms with E-state index in [9.17, 15) is 4.39 Å². The van der Waals surface area contributed by atoms with Gasteiger partial charge >= 0.3 is 0 Å². The smallest absolute Gasteiger partial charge is 0.142 e. The Morgan fingerprint density at radius 3 is 2.47 bits per heavy atom. The van der Waals surface area contributed by atoms with Crippen molar-refractivity contribution < 1.29 is 4.39 Å². The van der Waals surface area contributed by atoms with Gasteiger partial charge in [-0.2, -0.15) is 0 Å². The predicted octanol–water partition coefficient (Wildman–Crippen LogP) is 5.53. The van der Waals surface area contributed by atoms with Crippen LogP contribution in [0.4, 0.5) is 4.39 Å². The van der Waals surface area contributed by atoms with Gasteiger partial charge in [-0.1, -0.05) is 39.7 Å². The summed E-state index contributed by atoms with van der Waals surface area (Å²) >= 11 is 10.6. The van der Waals surface area contributed by atoms with Crippen molar-refractivity contribution in [2.24, 2.45) is 0 Å². The highest BCUT2D eigenvalue weighted by Crippen LogP contribution is 2.26. The molecule has 0 unspecified atom stereocenters. The van der Waals surface area contributed by atoms with Crippen LogP contribution in [-0.4, -0.2) is 0 Å². The Balaban J connectivity index is 2.02. The molecule has 2 aromatic carbocycles. The van der Waals surface area contributed by atoms with Crippen LogP contribution in [0.5, 0.6) is 0 Å². The summed E-state index contributed by atoms with van der Waals surface area (Å²) in [5.41, 5.74) is 1.20. The first-order valence-corrected chi connectivity index (χ1v) is 7.13. The number of hydrogen-bond acceptors (Lipinski definition) is 1. The third-order valence-corrected chi connectivity index (χ3v) is 4.11. The van der Waals surface area contributed by atoms with Gasteiger partial charge in [0.25, 0.3) is 0 Å². The van der Waals surface area contributed by atoms with E-state index in [4.69, 9.17) is 11.6 Å². The topological polar surface area (TPSA) is 0 Å². The minimum atomic E-state index is -0.368. The highest BCUT2D eigenvalue weighted by Gasteiger charge is 2.02. The van der Waals surface area contributed by atoms with Gasteiger partial charge in [-0.25, -0.2) is 4.39 Å². The lowest BCUT2D eigenvalue weighted by atomic mass is 10.2. The molecule has 0 bridgehead atoms. The largest absolute Gasteiger partial charge is 0.205 e. The van der Waals surface area contributed by atoms with E-state index in [1.54, 1.807) is 17.8 Å². The zero-order valence-electron chi connectivity index (χ0n) is 8.79. The summed E-state index contributed by atoms with van der Waals surface area (Å²) in [7, 11) is 0. The lowest BCUT2D eigenvalue weighted by Gasteiger charge is -2.03. The van der Waals surface area contributed by atoms with Crippen LogP contribution in [0.15, 0.2) is 51.8 Å². The Morgan fingerprint density at radius 2 is 1.82 bits per heavy atom. The predicted molar refractivity (Wildman–Crippen MR) is 75.1 cm³/mol. The molecule has 2 rings (SSSR count). The van der Waals surface area contributed by atoms with Crippen LogP contribution in [0.2, 0.25) is 5.02 Å². The number of benzene rings is 2. The first kappa shape index (κ1) is 12.9. The molecule has 0 amide bonds. The molecule has 0 heterocycles. The van der Waals surface area contributed by atoms with Gasteiger partial charge in [0, 0.05) is 15.1 Å². The van der Waals surface area contributed by atoms with Crippen molar-refractivity contribution in [2.45, 2.75) is 10.6 Å². The first-order valence-electron chi connectivity index (χ1n) is 4.97. The Morgan fingerprint density at radius 1 is 1.12 bits per heavy atom. The molecule has 4 heteroatoms. The van der Waals surface area contributed by atoms with Crippen LogP contribution in [0.3, 0.4) is 0 Å². The van der Waals surface area contributed by atoms with Crippen molar-refractivity contribution in [1.82, 2.24) is 0 Å². The number of thioether (sulfide) groups is 1. The minimum Gasteiger partial charge on any atom is -0.205 e. The highest BCUT2D eigenvalue weighted by molar-refractivity contribution is 9.10. The monoisotopic (exact) mass is 330 g/mol. The summed E-state index contributed by atoms with van der Waals surface area (Å²) in [6, 6.07) is 13.0. The fourth-order valence-corrected chi connectivity index (χ4v) is 2.57. The molecular weight excluding hydrogens is 323 g/mol. The Hall–Kier alpha value is -0.510. The van der Waals surface area contributed by atoms with Crippen LogP contribution in [0.25, 0.3) is 0 Å². The second-order valence-electron chi connectivity index (χ2n) is 3.49. The molecule has 88 valence electrons. The number of rotatable bonds is 3. The summed E-state index contributed by atoms with van der Waals surface area (Å²) in [4.78, 5) is 0.884. The van der Waals surface area contributed by atoms with E-state index in [1.165, 1.54) is 11.6 Å². The molecule has 0 N–H and O–H groups in total. The summed E-state index contributed by atoms with van der Waals surface area (Å²) < 4.78 is 14.3. The molecule has 17 heavy (non-hydrogen) atoms. The zero-order chi connectivity index (χ0) is 12.3. The molecule has 0 aliphatic carbocycles. The molecule has 0 aliphatic rings. The number of hydrogen-bond donors (Lipinski definition) is 0. The van der Waals surface area contributed by atoms with Crippen molar-refractivity contribution in [2.75, 3.05) is 0 Å². The first-order chi connectivity index (χ1) is 8.15. The minimum absolute atomic E-state index is 0.165. The molecule has 0 radical (unpaired) electrons. The summed E-state index contributed by atoms with van der Waals surface area (Å²) in [6.45, 7) is 0. The fraction of sp³-hybridized carbons (Fsp3) is 0.0769. The number of halogens is 3. The molecule has 0 nitrogen and oxygen atoms in total. The third kappa shape index (κ3) is 3.73. The third-order valence-electron chi connectivity index (χ3n) is 2.21. The summed E-state index contributed by atoms with van der Waals surface area (Å²) in [6.07, 6.45) is 0. The van der Waals surface area contributed by atoms with Gasteiger partial charge in [-0.15, -0.1) is 11.8 Å². The maximum absolute atomic E-state index is 13.2. The molecule has 0 fully saturated rings. The van der Waals surface area contributed by atoms with Gasteiger partial charge in [-0.3, -0.25) is 0 Å². The highest BCUT2D eigenvalue weighted by atomic mass is 79.9. The quantitative estimate of drug-likeness (QED) is 0.666. The maximum Gasteiger partial charge on any atom is 0.142 e. The van der Waals surface area contributed by atoms with Crippen molar-refractivity contribution in [3.63, 3.8) is 0 Å². The summed E-state index contributed by atoms with van der Waals surface area (Å²) in [5.74, 6) is 0.446. The van der Waals surface area contributed by atoms with E-state index in [0.717, 1.165) is 15.1 Å². The molecule has 0 saturated carbocycles. The Bertz CT molecular complexity index is 513. The van der Waals surface area contributed by atoms with Crippen molar-refractivity contribution in [3.8, 4) is 0 Å². The molecule has 0 aliphatic heterocycles. The molecule has 0 atom stereocenters. The van der Waals surface area contributed by atoms with Crippen molar-refractivity contribution in [3.05, 3.63) is 63.3 Å².